The largest absolute Gasteiger partial charge is 0.318 e. The van der Waals surface area contributed by atoms with Gasteiger partial charge in [0.05, 0.1) is 16.6 Å². The van der Waals surface area contributed by atoms with E-state index in [2.05, 4.69) is 153 Å². The Morgan fingerprint density at radius 1 is 0.627 bits per heavy atom. The van der Waals surface area contributed by atoms with Crippen molar-refractivity contribution in [3.8, 4) is 17.3 Å². The quantitative estimate of drug-likeness (QED) is 0.177. The van der Waals surface area contributed by atoms with E-state index >= 15 is 0 Å². The molecule has 0 fully saturated rings. The number of para-hydroxylation sites is 3. The van der Waals surface area contributed by atoms with Gasteiger partial charge in [-0.3, -0.25) is 4.57 Å². The first-order valence-electron chi connectivity index (χ1n) is 17.6. The molecule has 11 rings (SSSR count). The van der Waals surface area contributed by atoms with Gasteiger partial charge in [0.15, 0.2) is 11.6 Å². The SMILES string of the molecule is C1=CCCC(c2nc(-c3ccccc3)nc(-n3c4ccccc4c4ccc5c(c6cccc7c6n5C5C=CC=CC5=[N+]7c5ccccc5)c43)n2)=C1. The lowest BCUT2D eigenvalue weighted by Gasteiger charge is -2.24. The number of allylic oxidation sites excluding steroid dienone is 8. The molecule has 3 aliphatic rings. The lowest BCUT2D eigenvalue weighted by atomic mass is 10.0. The van der Waals surface area contributed by atoms with Crippen LogP contribution in [0.5, 0.6) is 0 Å². The van der Waals surface area contributed by atoms with Crippen molar-refractivity contribution in [1.29, 1.82) is 0 Å². The highest BCUT2D eigenvalue weighted by atomic mass is 15.2. The van der Waals surface area contributed by atoms with Crippen LogP contribution >= 0.6 is 0 Å². The maximum absolute atomic E-state index is 5.29. The molecule has 6 nitrogen and oxygen atoms in total. The van der Waals surface area contributed by atoms with Crippen LogP contribution in [0.25, 0.3) is 66.5 Å². The van der Waals surface area contributed by atoms with Gasteiger partial charge in [0.2, 0.25) is 23.0 Å². The monoisotopic (exact) mass is 655 g/mol. The molecule has 8 aromatic rings. The molecule has 0 amide bonds. The van der Waals surface area contributed by atoms with Crippen LogP contribution in [0.2, 0.25) is 0 Å². The molecule has 0 saturated heterocycles. The Balaban J connectivity index is 1.28. The summed E-state index contributed by atoms with van der Waals surface area (Å²) in [7, 11) is 0. The van der Waals surface area contributed by atoms with Gasteiger partial charge < -0.3 is 4.57 Å². The van der Waals surface area contributed by atoms with Crippen molar-refractivity contribution in [1.82, 2.24) is 28.7 Å². The van der Waals surface area contributed by atoms with Crippen molar-refractivity contribution < 1.29 is 0 Å². The third-order valence-electron chi connectivity index (χ3n) is 10.5. The van der Waals surface area contributed by atoms with Crippen molar-refractivity contribution >= 4 is 66.3 Å². The topological polar surface area (TPSA) is 51.5 Å². The predicted molar refractivity (Wildman–Crippen MR) is 209 cm³/mol. The number of benzene rings is 5. The van der Waals surface area contributed by atoms with E-state index in [0.717, 1.165) is 46.5 Å². The van der Waals surface area contributed by atoms with Gasteiger partial charge in [-0.15, -0.1) is 0 Å². The van der Waals surface area contributed by atoms with Crippen LogP contribution in [-0.4, -0.2) is 29.8 Å². The zero-order valence-corrected chi connectivity index (χ0v) is 27.7. The molecule has 1 aliphatic heterocycles. The highest BCUT2D eigenvalue weighted by Crippen LogP contribution is 2.47. The van der Waals surface area contributed by atoms with E-state index in [1.54, 1.807) is 0 Å². The first-order chi connectivity index (χ1) is 25.3. The number of aromatic nitrogens is 5. The molecule has 240 valence electrons. The number of hydrogen-bond donors (Lipinski definition) is 0. The number of nitrogens with zero attached hydrogens (tertiary/aromatic N) is 6. The minimum absolute atomic E-state index is 0.0279. The molecule has 0 N–H and O–H groups in total. The number of rotatable bonds is 4. The van der Waals surface area contributed by atoms with Crippen molar-refractivity contribution in [2.24, 2.45) is 0 Å². The zero-order chi connectivity index (χ0) is 33.5. The summed E-state index contributed by atoms with van der Waals surface area (Å²) in [5, 5.41) is 4.75. The van der Waals surface area contributed by atoms with Crippen LogP contribution in [-0.2, 0) is 0 Å². The minimum Gasteiger partial charge on any atom is -0.318 e. The van der Waals surface area contributed by atoms with Gasteiger partial charge in [-0.25, -0.2) is 4.98 Å². The van der Waals surface area contributed by atoms with Gasteiger partial charge in [-0.1, -0.05) is 121 Å². The Morgan fingerprint density at radius 2 is 1.43 bits per heavy atom. The molecule has 1 unspecified atom stereocenters. The van der Waals surface area contributed by atoms with Crippen molar-refractivity contribution in [2.75, 3.05) is 0 Å². The summed E-state index contributed by atoms with van der Waals surface area (Å²) in [4.78, 5) is 15.6. The van der Waals surface area contributed by atoms with Crippen LogP contribution in [0.15, 0.2) is 158 Å². The van der Waals surface area contributed by atoms with Crippen molar-refractivity contribution in [2.45, 2.75) is 18.9 Å². The van der Waals surface area contributed by atoms with Gasteiger partial charge in [-0.05, 0) is 30.5 Å². The minimum atomic E-state index is 0.0279. The molecule has 51 heavy (non-hydrogen) atoms. The molecule has 2 aliphatic carbocycles. The summed E-state index contributed by atoms with van der Waals surface area (Å²) in [6.07, 6.45) is 17.2. The number of fused-ring (bicyclic) bond motifs is 9. The summed E-state index contributed by atoms with van der Waals surface area (Å²) < 4.78 is 7.24. The fraction of sp³-hybridized carbons (Fsp3) is 0.0667. The van der Waals surface area contributed by atoms with Crippen LogP contribution in [0.1, 0.15) is 24.7 Å². The van der Waals surface area contributed by atoms with Gasteiger partial charge in [0, 0.05) is 51.4 Å². The number of hydrogen-bond acceptors (Lipinski definition) is 3. The van der Waals surface area contributed by atoms with E-state index in [-0.39, 0.29) is 6.04 Å². The van der Waals surface area contributed by atoms with Crippen molar-refractivity contribution in [3.05, 3.63) is 164 Å². The lowest BCUT2D eigenvalue weighted by Crippen LogP contribution is -2.30. The molecular formula is C45H31N6+. The Hall–Kier alpha value is -6.66. The highest BCUT2D eigenvalue weighted by Gasteiger charge is 2.38. The predicted octanol–water partition coefficient (Wildman–Crippen LogP) is 10.4. The molecule has 0 saturated carbocycles. The average Bonchev–Trinajstić information content (AvgIpc) is 3.73. The van der Waals surface area contributed by atoms with Crippen LogP contribution in [0.4, 0.5) is 11.4 Å². The third-order valence-corrected chi connectivity index (χ3v) is 10.5. The van der Waals surface area contributed by atoms with Gasteiger partial charge in [0.1, 0.15) is 11.6 Å². The maximum Gasteiger partial charge on any atom is 0.238 e. The van der Waals surface area contributed by atoms with E-state index in [1.807, 2.05) is 18.2 Å². The molecule has 5 aromatic carbocycles. The summed E-state index contributed by atoms with van der Waals surface area (Å²) in [6.45, 7) is 0. The molecule has 0 bridgehead atoms. The molecule has 6 heteroatoms. The fourth-order valence-electron chi connectivity index (χ4n) is 8.36. The first-order valence-corrected chi connectivity index (χ1v) is 17.6. The third kappa shape index (κ3) is 4.10. The maximum atomic E-state index is 5.29. The molecule has 0 radical (unpaired) electrons. The van der Waals surface area contributed by atoms with E-state index in [0.29, 0.717) is 11.8 Å². The average molecular weight is 656 g/mol. The summed E-state index contributed by atoms with van der Waals surface area (Å²) in [6, 6.07) is 41.0. The molecule has 3 aromatic heterocycles. The van der Waals surface area contributed by atoms with E-state index in [9.17, 15) is 0 Å². The molecule has 0 spiro atoms. The van der Waals surface area contributed by atoms with E-state index < -0.39 is 0 Å². The Morgan fingerprint density at radius 3 is 2.29 bits per heavy atom. The molecule has 1 atom stereocenters. The normalized spacial score (nSPS) is 16.5. The van der Waals surface area contributed by atoms with Crippen LogP contribution in [0.3, 0.4) is 0 Å². The fourth-order valence-corrected chi connectivity index (χ4v) is 8.36. The summed E-state index contributed by atoms with van der Waals surface area (Å²) in [5.74, 6) is 2.02. The second kappa shape index (κ2) is 10.9. The van der Waals surface area contributed by atoms with Gasteiger partial charge >= 0.3 is 0 Å². The van der Waals surface area contributed by atoms with E-state index in [4.69, 9.17) is 15.0 Å². The van der Waals surface area contributed by atoms with Crippen LogP contribution < -0.4 is 4.58 Å². The van der Waals surface area contributed by atoms with Gasteiger partial charge in [0.25, 0.3) is 0 Å². The standard InChI is InChI=1S/C45H31N6/c1-4-15-29(16-5-1)43-46-44(30-17-6-2-7-18-30)48-45(47-43)51-35-23-11-10-21-32(35)33-27-28-38-40(42(33)51)34-22-14-26-39-41(34)50(38)37-25-13-12-24-36(37)49(39)31-19-8-3-9-20-31/h1-6,8-17,19-28,37H,7,18H2/q+1. The zero-order valence-electron chi connectivity index (χ0n) is 27.7. The Kier molecular flexibility index (Phi) is 6.04. The highest BCUT2D eigenvalue weighted by molar-refractivity contribution is 6.28. The second-order valence-corrected chi connectivity index (χ2v) is 13.3. The summed E-state index contributed by atoms with van der Waals surface area (Å²) in [5.41, 5.74) is 10.2. The van der Waals surface area contributed by atoms with Crippen LogP contribution in [0, 0.1) is 0 Å². The lowest BCUT2D eigenvalue weighted by molar-refractivity contribution is 0.781. The molecule has 4 heterocycles. The van der Waals surface area contributed by atoms with Gasteiger partial charge in [-0.2, -0.15) is 14.5 Å². The Labute approximate surface area is 294 Å². The van der Waals surface area contributed by atoms with E-state index in [1.165, 1.54) is 44.0 Å². The smallest absolute Gasteiger partial charge is 0.238 e. The summed E-state index contributed by atoms with van der Waals surface area (Å²) >= 11 is 0. The second-order valence-electron chi connectivity index (χ2n) is 13.3. The Bertz CT molecular complexity index is 2900. The molecular weight excluding hydrogens is 625 g/mol. The first kappa shape index (κ1) is 28.2. The van der Waals surface area contributed by atoms with Crippen molar-refractivity contribution in [3.63, 3.8) is 0 Å².